The van der Waals surface area contributed by atoms with Crippen molar-refractivity contribution in [3.63, 3.8) is 0 Å². The van der Waals surface area contributed by atoms with E-state index in [9.17, 15) is 4.79 Å². The Hall–Kier alpha value is -1.71. The summed E-state index contributed by atoms with van der Waals surface area (Å²) in [6.07, 6.45) is 8.45. The molecule has 0 heterocycles. The van der Waals surface area contributed by atoms with Crippen molar-refractivity contribution in [1.29, 1.82) is 0 Å². The molecule has 0 unspecified atom stereocenters. The van der Waals surface area contributed by atoms with E-state index in [0.717, 1.165) is 12.8 Å². The van der Waals surface area contributed by atoms with Crippen LogP contribution in [0.2, 0.25) is 0 Å². The molecule has 0 bridgehead atoms. The van der Waals surface area contributed by atoms with Gasteiger partial charge >= 0.3 is 5.97 Å². The number of ether oxygens (including phenoxy) is 2. The highest BCUT2D eigenvalue weighted by Gasteiger charge is 2.04. The second-order valence-corrected chi connectivity index (χ2v) is 5.20. The fraction of sp³-hybridized carbons (Fsp3) is 0.588. The first-order valence-electron chi connectivity index (χ1n) is 7.86. The highest BCUT2D eigenvalue weighted by molar-refractivity contribution is 5.71. The minimum atomic E-state index is -0.321. The molecule has 0 aliphatic heterocycles. The third-order valence-corrected chi connectivity index (χ3v) is 3.25. The van der Waals surface area contributed by atoms with Gasteiger partial charge in [-0.2, -0.15) is 0 Å². The molecule has 0 saturated heterocycles. The van der Waals surface area contributed by atoms with Gasteiger partial charge in [-0.1, -0.05) is 45.4 Å². The van der Waals surface area contributed by atoms with Gasteiger partial charge in [0.05, 0.1) is 6.61 Å². The van der Waals surface area contributed by atoms with Crippen LogP contribution in [-0.2, 0) is 9.53 Å². The molecule has 0 aromatic heterocycles. The number of hydrogen-bond acceptors (Lipinski definition) is 4. The molecule has 2 N–H and O–H groups in total. The summed E-state index contributed by atoms with van der Waals surface area (Å²) < 4.78 is 10.4. The summed E-state index contributed by atoms with van der Waals surface area (Å²) in [6, 6.07) is 6.94. The van der Waals surface area contributed by atoms with Gasteiger partial charge < -0.3 is 15.2 Å². The number of rotatable bonds is 11. The van der Waals surface area contributed by atoms with Gasteiger partial charge in [0.15, 0.2) is 6.61 Å². The quantitative estimate of drug-likeness (QED) is 0.381. The third-order valence-electron chi connectivity index (χ3n) is 3.25. The van der Waals surface area contributed by atoms with Crippen LogP contribution >= 0.6 is 0 Å². The summed E-state index contributed by atoms with van der Waals surface area (Å²) >= 11 is 0. The maximum Gasteiger partial charge on any atom is 0.344 e. The van der Waals surface area contributed by atoms with E-state index in [4.69, 9.17) is 15.2 Å². The second kappa shape index (κ2) is 11.0. The second-order valence-electron chi connectivity index (χ2n) is 5.20. The molecule has 4 heteroatoms. The molecule has 1 aromatic rings. The van der Waals surface area contributed by atoms with Gasteiger partial charge in [-0.15, -0.1) is 0 Å². The van der Waals surface area contributed by atoms with Gasteiger partial charge in [0.2, 0.25) is 0 Å². The Kier molecular flexibility index (Phi) is 9.09. The predicted octanol–water partition coefficient (Wildman–Crippen LogP) is 3.94. The van der Waals surface area contributed by atoms with Crippen LogP contribution in [0.25, 0.3) is 0 Å². The Morgan fingerprint density at radius 2 is 1.62 bits per heavy atom. The monoisotopic (exact) mass is 293 g/mol. The van der Waals surface area contributed by atoms with E-state index >= 15 is 0 Å². The van der Waals surface area contributed by atoms with Crippen molar-refractivity contribution < 1.29 is 14.3 Å². The SMILES string of the molecule is CCCCCCCCCOC(=O)COc1ccc(N)cc1. The summed E-state index contributed by atoms with van der Waals surface area (Å²) in [5.41, 5.74) is 6.24. The van der Waals surface area contributed by atoms with Crippen LogP contribution in [0.5, 0.6) is 5.75 Å². The molecular formula is C17H27NO3. The molecule has 1 rings (SSSR count). The highest BCUT2D eigenvalue weighted by Crippen LogP contribution is 2.13. The number of esters is 1. The maximum absolute atomic E-state index is 11.5. The van der Waals surface area contributed by atoms with E-state index in [-0.39, 0.29) is 12.6 Å². The minimum absolute atomic E-state index is 0.0551. The summed E-state index contributed by atoms with van der Waals surface area (Å²) in [6.45, 7) is 2.64. The summed E-state index contributed by atoms with van der Waals surface area (Å²) in [5.74, 6) is 0.301. The molecular weight excluding hydrogens is 266 g/mol. The molecule has 0 radical (unpaired) electrons. The van der Waals surface area contributed by atoms with E-state index < -0.39 is 0 Å². The van der Waals surface area contributed by atoms with E-state index in [1.165, 1.54) is 32.1 Å². The zero-order valence-electron chi connectivity index (χ0n) is 13.0. The molecule has 0 saturated carbocycles. The van der Waals surface area contributed by atoms with Crippen LogP contribution < -0.4 is 10.5 Å². The predicted molar refractivity (Wildman–Crippen MR) is 85.3 cm³/mol. The number of carbonyl (C=O) groups excluding carboxylic acids is 1. The lowest BCUT2D eigenvalue weighted by Crippen LogP contribution is -2.15. The normalized spacial score (nSPS) is 10.3. The third kappa shape index (κ3) is 8.95. The number of nitrogen functional groups attached to an aromatic ring is 1. The summed E-state index contributed by atoms with van der Waals surface area (Å²) in [5, 5.41) is 0. The summed E-state index contributed by atoms with van der Waals surface area (Å²) in [7, 11) is 0. The first-order valence-corrected chi connectivity index (χ1v) is 7.86. The zero-order chi connectivity index (χ0) is 15.3. The molecule has 0 atom stereocenters. The molecule has 0 aliphatic rings. The average Bonchev–Trinajstić information content (AvgIpc) is 2.49. The number of unbranched alkanes of at least 4 members (excludes halogenated alkanes) is 6. The summed E-state index contributed by atoms with van der Waals surface area (Å²) in [4.78, 5) is 11.5. The van der Waals surface area contributed by atoms with Crippen LogP contribution in [0.15, 0.2) is 24.3 Å². The largest absolute Gasteiger partial charge is 0.482 e. The fourth-order valence-corrected chi connectivity index (χ4v) is 1.99. The van der Waals surface area contributed by atoms with E-state index in [1.54, 1.807) is 24.3 Å². The van der Waals surface area contributed by atoms with Crippen molar-refractivity contribution in [2.45, 2.75) is 51.9 Å². The van der Waals surface area contributed by atoms with Crippen molar-refractivity contribution in [2.24, 2.45) is 0 Å². The van der Waals surface area contributed by atoms with Crippen molar-refractivity contribution in [1.82, 2.24) is 0 Å². The molecule has 0 amide bonds. The smallest absolute Gasteiger partial charge is 0.344 e. The van der Waals surface area contributed by atoms with Crippen LogP contribution in [0, 0.1) is 0 Å². The molecule has 0 aliphatic carbocycles. The van der Waals surface area contributed by atoms with Crippen LogP contribution in [0.3, 0.4) is 0 Å². The van der Waals surface area contributed by atoms with E-state index in [2.05, 4.69) is 6.92 Å². The Morgan fingerprint density at radius 3 is 2.29 bits per heavy atom. The van der Waals surface area contributed by atoms with Gasteiger partial charge in [0, 0.05) is 5.69 Å². The molecule has 1 aromatic carbocycles. The Balaban J connectivity index is 1.97. The van der Waals surface area contributed by atoms with Crippen LogP contribution in [-0.4, -0.2) is 19.2 Å². The topological polar surface area (TPSA) is 61.5 Å². The van der Waals surface area contributed by atoms with Crippen molar-refractivity contribution >= 4 is 11.7 Å². The maximum atomic E-state index is 11.5. The van der Waals surface area contributed by atoms with Crippen LogP contribution in [0.1, 0.15) is 51.9 Å². The average molecular weight is 293 g/mol. The van der Waals surface area contributed by atoms with Gasteiger partial charge in [-0.3, -0.25) is 0 Å². The molecule has 21 heavy (non-hydrogen) atoms. The lowest BCUT2D eigenvalue weighted by atomic mass is 10.1. The van der Waals surface area contributed by atoms with Gasteiger partial charge in [0.1, 0.15) is 5.75 Å². The van der Waals surface area contributed by atoms with E-state index in [0.29, 0.717) is 18.0 Å². The van der Waals surface area contributed by atoms with Gasteiger partial charge in [0.25, 0.3) is 0 Å². The highest BCUT2D eigenvalue weighted by atomic mass is 16.6. The number of benzene rings is 1. The minimum Gasteiger partial charge on any atom is -0.482 e. The van der Waals surface area contributed by atoms with Crippen molar-refractivity contribution in [2.75, 3.05) is 18.9 Å². The molecule has 4 nitrogen and oxygen atoms in total. The number of anilines is 1. The number of hydrogen-bond donors (Lipinski definition) is 1. The lowest BCUT2D eigenvalue weighted by Gasteiger charge is -2.07. The fourth-order valence-electron chi connectivity index (χ4n) is 1.99. The van der Waals surface area contributed by atoms with Gasteiger partial charge in [-0.05, 0) is 30.7 Å². The van der Waals surface area contributed by atoms with Crippen LogP contribution in [0.4, 0.5) is 5.69 Å². The number of carbonyl (C=O) groups is 1. The molecule has 118 valence electrons. The first-order chi connectivity index (χ1) is 10.2. The van der Waals surface area contributed by atoms with E-state index in [1.807, 2.05) is 0 Å². The van der Waals surface area contributed by atoms with Gasteiger partial charge in [-0.25, -0.2) is 4.79 Å². The Labute approximate surface area is 127 Å². The molecule has 0 spiro atoms. The first kappa shape index (κ1) is 17.3. The Bertz CT molecular complexity index is 390. The van der Waals surface area contributed by atoms with Crippen molar-refractivity contribution in [3.8, 4) is 5.75 Å². The standard InChI is InChI=1S/C17H27NO3/c1-2-3-4-5-6-7-8-13-20-17(19)14-21-16-11-9-15(18)10-12-16/h9-12H,2-8,13-14,18H2,1H3. The Morgan fingerprint density at radius 1 is 1.00 bits per heavy atom. The molecule has 0 fully saturated rings. The number of nitrogens with two attached hydrogens (primary N) is 1. The zero-order valence-corrected chi connectivity index (χ0v) is 13.0. The lowest BCUT2D eigenvalue weighted by molar-refractivity contribution is -0.146. The van der Waals surface area contributed by atoms with Crippen molar-refractivity contribution in [3.05, 3.63) is 24.3 Å².